The number of ether oxygens (including phenoxy) is 1. The lowest BCUT2D eigenvalue weighted by molar-refractivity contribution is 0.0993. The van der Waals surface area contributed by atoms with Crippen LogP contribution in [0, 0.1) is 5.82 Å². The Kier molecular flexibility index (Phi) is 6.89. The second-order valence-corrected chi connectivity index (χ2v) is 8.53. The van der Waals surface area contributed by atoms with Crippen molar-refractivity contribution in [3.05, 3.63) is 83.9 Å². The first kappa shape index (κ1) is 22.7. The number of likely N-dealkylation sites (N-methyl/N-ethyl adjacent to an activating group) is 1. The predicted octanol–water partition coefficient (Wildman–Crippen LogP) is 4.46. The summed E-state index contributed by atoms with van der Waals surface area (Å²) >= 11 is 0. The smallest absolute Gasteiger partial charge is 0.258 e. The van der Waals surface area contributed by atoms with E-state index in [1.165, 1.54) is 11.0 Å². The average Bonchev–Trinajstić information content (AvgIpc) is 3.33. The molecule has 0 spiro atoms. The van der Waals surface area contributed by atoms with E-state index in [2.05, 4.69) is 28.9 Å². The molecule has 1 atom stereocenters. The summed E-state index contributed by atoms with van der Waals surface area (Å²) in [7, 11) is 5.76. The molecule has 7 heteroatoms. The lowest BCUT2D eigenvalue weighted by Gasteiger charge is -2.23. The fourth-order valence-corrected chi connectivity index (χ4v) is 4.00. The van der Waals surface area contributed by atoms with E-state index in [-0.39, 0.29) is 13.2 Å². The van der Waals surface area contributed by atoms with Crippen LogP contribution in [0.3, 0.4) is 0 Å². The fourth-order valence-electron chi connectivity index (χ4n) is 4.00. The number of rotatable bonds is 7. The Morgan fingerprint density at radius 2 is 1.97 bits per heavy atom. The Labute approximate surface area is 195 Å². The largest absolute Gasteiger partial charge is 0.487 e. The van der Waals surface area contributed by atoms with E-state index in [4.69, 9.17) is 4.74 Å². The zero-order chi connectivity index (χ0) is 23.4. The molecule has 1 aliphatic rings. The summed E-state index contributed by atoms with van der Waals surface area (Å²) in [5, 5.41) is 0. The Morgan fingerprint density at radius 3 is 2.61 bits per heavy atom. The van der Waals surface area contributed by atoms with Crippen LogP contribution in [-0.2, 0) is 6.61 Å². The number of halogens is 1. The number of pyridine rings is 1. The minimum Gasteiger partial charge on any atom is -0.487 e. The summed E-state index contributed by atoms with van der Waals surface area (Å²) in [4.78, 5) is 22.7. The van der Waals surface area contributed by atoms with Gasteiger partial charge in [-0.15, -0.1) is 0 Å². The van der Waals surface area contributed by atoms with Crippen LogP contribution in [0.15, 0.2) is 67.0 Å². The summed E-state index contributed by atoms with van der Waals surface area (Å²) < 4.78 is 20.6. The molecule has 1 unspecified atom stereocenters. The van der Waals surface area contributed by atoms with Gasteiger partial charge in [-0.05, 0) is 68.5 Å². The van der Waals surface area contributed by atoms with Gasteiger partial charge in [-0.25, -0.2) is 4.39 Å². The highest BCUT2D eigenvalue weighted by atomic mass is 19.1. The van der Waals surface area contributed by atoms with Crippen LogP contribution < -0.4 is 14.5 Å². The van der Waals surface area contributed by atoms with Crippen LogP contribution >= 0.6 is 0 Å². The molecule has 4 rings (SSSR count). The van der Waals surface area contributed by atoms with Crippen LogP contribution in [0.4, 0.5) is 15.8 Å². The van der Waals surface area contributed by atoms with Crippen LogP contribution in [0.5, 0.6) is 5.75 Å². The summed E-state index contributed by atoms with van der Waals surface area (Å²) in [6.07, 6.45) is 4.35. The molecule has 3 aromatic rings. The monoisotopic (exact) mass is 450 g/mol. The van der Waals surface area contributed by atoms with Crippen molar-refractivity contribution in [1.29, 1.82) is 0 Å². The number of aromatic nitrogens is 1. The molecule has 1 aliphatic heterocycles. The third kappa shape index (κ3) is 5.31. The van der Waals surface area contributed by atoms with E-state index in [0.717, 1.165) is 25.1 Å². The maximum absolute atomic E-state index is 14.9. The molecule has 0 N–H and O–H groups in total. The maximum atomic E-state index is 14.9. The van der Waals surface area contributed by atoms with Gasteiger partial charge in [-0.3, -0.25) is 9.78 Å². The first-order valence-electron chi connectivity index (χ1n) is 11.0. The second-order valence-electron chi connectivity index (χ2n) is 8.53. The first-order chi connectivity index (χ1) is 15.9. The molecule has 2 aromatic carbocycles. The van der Waals surface area contributed by atoms with Gasteiger partial charge < -0.3 is 19.4 Å². The fraction of sp³-hybridized carbons (Fsp3) is 0.308. The molecule has 0 saturated carbocycles. The van der Waals surface area contributed by atoms with Crippen molar-refractivity contribution in [2.24, 2.45) is 0 Å². The van der Waals surface area contributed by atoms with Crippen molar-refractivity contribution in [3.8, 4) is 5.75 Å². The van der Waals surface area contributed by atoms with Gasteiger partial charge >= 0.3 is 0 Å². The quantitative estimate of drug-likeness (QED) is 0.532. The molecule has 2 heterocycles. The Morgan fingerprint density at radius 1 is 1.18 bits per heavy atom. The van der Waals surface area contributed by atoms with Gasteiger partial charge in [0.15, 0.2) is 0 Å². The molecule has 0 bridgehead atoms. The van der Waals surface area contributed by atoms with Crippen LogP contribution in [0.1, 0.15) is 23.8 Å². The Balaban J connectivity index is 0.00000324. The van der Waals surface area contributed by atoms with E-state index < -0.39 is 0 Å². The lowest BCUT2D eigenvalue weighted by atomic mass is 10.1. The van der Waals surface area contributed by atoms with Gasteiger partial charge in [0.1, 0.15) is 18.2 Å². The van der Waals surface area contributed by atoms with Crippen molar-refractivity contribution in [2.75, 3.05) is 44.0 Å². The summed E-state index contributed by atoms with van der Waals surface area (Å²) in [6.45, 7) is 2.01. The van der Waals surface area contributed by atoms with Gasteiger partial charge in [0, 0.05) is 45.1 Å². The molecule has 0 aliphatic carbocycles. The zero-order valence-corrected chi connectivity index (χ0v) is 19.2. The Bertz CT molecular complexity index is 1100. The summed E-state index contributed by atoms with van der Waals surface area (Å²) in [6, 6.07) is 16.3. The molecule has 1 fully saturated rings. The van der Waals surface area contributed by atoms with Crippen LogP contribution in [-0.4, -0.2) is 56.1 Å². The van der Waals surface area contributed by atoms with E-state index in [0.29, 0.717) is 35.3 Å². The Hall–Kier alpha value is -3.45. The molecule has 6 nitrogen and oxygen atoms in total. The number of amides is 1. The molecule has 1 amide bonds. The van der Waals surface area contributed by atoms with E-state index in [1.807, 2.05) is 24.3 Å². The van der Waals surface area contributed by atoms with Crippen molar-refractivity contribution in [1.82, 2.24) is 9.88 Å². The topological polar surface area (TPSA) is 48.9 Å². The highest BCUT2D eigenvalue weighted by Crippen LogP contribution is 2.29. The summed E-state index contributed by atoms with van der Waals surface area (Å²) in [5.74, 6) is 0.180. The number of carbonyl (C=O) groups excluding carboxylic acids is 1. The van der Waals surface area contributed by atoms with Crippen LogP contribution in [0.2, 0.25) is 0 Å². The van der Waals surface area contributed by atoms with Crippen molar-refractivity contribution < 1.29 is 15.3 Å². The van der Waals surface area contributed by atoms with Gasteiger partial charge in [-0.1, -0.05) is 12.1 Å². The molecule has 174 valence electrons. The molecular weight excluding hydrogens is 419 g/mol. The van der Waals surface area contributed by atoms with Gasteiger partial charge in [0.25, 0.3) is 5.91 Å². The zero-order valence-electron chi connectivity index (χ0n) is 19.2. The van der Waals surface area contributed by atoms with Gasteiger partial charge in [0.2, 0.25) is 0 Å². The van der Waals surface area contributed by atoms with Gasteiger partial charge in [-0.2, -0.15) is 0 Å². The standard InChI is InChI=1S/C26H29FN4O2.H2/c1-29(2)22-12-14-31(17-22)25-11-10-21(15-24(25)27)30(3)26(32)20-8-6-19(7-9-20)18-33-23-5-4-13-28-16-23;/h4-11,13,15-16,22H,12,14,17-18H2,1-3H3;1H. The normalized spacial score (nSPS) is 15.7. The number of carbonyl (C=O) groups is 1. The average molecular weight is 451 g/mol. The predicted molar refractivity (Wildman–Crippen MR) is 131 cm³/mol. The SMILES string of the molecule is CN(C(=O)c1ccc(COc2cccnc2)cc1)c1ccc(N2CCC(N(C)C)C2)c(F)c1.[HH]. The number of hydrogen-bond acceptors (Lipinski definition) is 5. The third-order valence-corrected chi connectivity index (χ3v) is 6.10. The number of hydrogen-bond donors (Lipinski definition) is 0. The number of benzene rings is 2. The highest BCUT2D eigenvalue weighted by Gasteiger charge is 2.26. The number of anilines is 2. The molecule has 1 saturated heterocycles. The summed E-state index contributed by atoms with van der Waals surface area (Å²) in [5.41, 5.74) is 2.58. The third-order valence-electron chi connectivity index (χ3n) is 6.10. The van der Waals surface area contributed by atoms with E-state index >= 15 is 0 Å². The molecule has 33 heavy (non-hydrogen) atoms. The maximum Gasteiger partial charge on any atom is 0.258 e. The minimum atomic E-state index is -0.311. The van der Waals surface area contributed by atoms with Crippen LogP contribution in [0.25, 0.3) is 0 Å². The van der Waals surface area contributed by atoms with Crippen molar-refractivity contribution in [3.63, 3.8) is 0 Å². The molecule has 1 aromatic heterocycles. The first-order valence-corrected chi connectivity index (χ1v) is 11.0. The minimum absolute atomic E-state index is 0. The molecule has 0 radical (unpaired) electrons. The van der Waals surface area contributed by atoms with Gasteiger partial charge in [0.05, 0.1) is 11.9 Å². The van der Waals surface area contributed by atoms with E-state index in [9.17, 15) is 9.18 Å². The lowest BCUT2D eigenvalue weighted by Crippen LogP contribution is -2.31. The highest BCUT2D eigenvalue weighted by molar-refractivity contribution is 6.05. The van der Waals surface area contributed by atoms with Crippen molar-refractivity contribution >= 4 is 17.3 Å². The number of nitrogens with zero attached hydrogens (tertiary/aromatic N) is 4. The van der Waals surface area contributed by atoms with E-state index in [1.54, 1.807) is 43.7 Å². The molecular formula is C26H31FN4O2. The van der Waals surface area contributed by atoms with Crippen molar-refractivity contribution in [2.45, 2.75) is 19.1 Å². The second kappa shape index (κ2) is 10.0.